The minimum Gasteiger partial charge on any atom is -0.497 e. The molecule has 1 N–H and O–H groups in total. The number of carboxylic acids is 1. The summed E-state index contributed by atoms with van der Waals surface area (Å²) in [5, 5.41) is 9.56. The van der Waals surface area contributed by atoms with Gasteiger partial charge in [-0.05, 0) is 34.7 Å². The number of hydrogen-bond donors (Lipinski definition) is 1. The highest BCUT2D eigenvalue weighted by Gasteiger charge is 2.24. The molecule has 0 unspecified atom stereocenters. The van der Waals surface area contributed by atoms with Crippen molar-refractivity contribution >= 4 is 5.97 Å². The summed E-state index contributed by atoms with van der Waals surface area (Å²) in [5.41, 5.74) is 1.71. The lowest BCUT2D eigenvalue weighted by molar-refractivity contribution is -0.145. The van der Waals surface area contributed by atoms with Crippen LogP contribution in [0.3, 0.4) is 0 Å². The smallest absolute Gasteiger partial charge is 0.345 e. The molecule has 0 fully saturated rings. The molecule has 0 aliphatic heterocycles. The monoisotopic (exact) mass is 328 g/mol. The number of carboxylic acid groups (broad SMARTS) is 1. The van der Waals surface area contributed by atoms with E-state index in [9.17, 15) is 9.90 Å². The van der Waals surface area contributed by atoms with Gasteiger partial charge in [-0.25, -0.2) is 4.79 Å². The Morgan fingerprint density at radius 1 is 1.12 bits per heavy atom. The molecule has 0 saturated carbocycles. The van der Waals surface area contributed by atoms with E-state index in [-0.39, 0.29) is 11.8 Å². The van der Waals surface area contributed by atoms with Crippen LogP contribution in [0, 0.1) is 0 Å². The van der Waals surface area contributed by atoms with Crippen LogP contribution in [-0.4, -0.2) is 24.3 Å². The third-order valence-corrected chi connectivity index (χ3v) is 3.79. The van der Waals surface area contributed by atoms with E-state index in [2.05, 4.69) is 20.8 Å². The van der Waals surface area contributed by atoms with Crippen LogP contribution in [0.4, 0.5) is 0 Å². The first-order chi connectivity index (χ1) is 11.3. The quantitative estimate of drug-likeness (QED) is 0.868. The van der Waals surface area contributed by atoms with Crippen molar-refractivity contribution in [2.45, 2.75) is 38.7 Å². The number of para-hydroxylation sites is 1. The van der Waals surface area contributed by atoms with E-state index >= 15 is 0 Å². The summed E-state index contributed by atoms with van der Waals surface area (Å²) in [6.45, 7) is 6.23. The molecule has 0 bridgehead atoms. The van der Waals surface area contributed by atoms with Crippen LogP contribution in [0.5, 0.6) is 11.5 Å². The molecule has 1 atom stereocenters. The molecule has 2 aromatic carbocycles. The normalized spacial score (nSPS) is 12.5. The third kappa shape index (κ3) is 4.51. The number of carbonyl (C=O) groups is 1. The van der Waals surface area contributed by atoms with Crippen LogP contribution in [0.1, 0.15) is 31.9 Å². The second kappa shape index (κ2) is 7.39. The molecule has 24 heavy (non-hydrogen) atoms. The first-order valence-corrected chi connectivity index (χ1v) is 7.93. The number of methoxy groups -OCH3 is 1. The molecule has 128 valence electrons. The maximum Gasteiger partial charge on any atom is 0.345 e. The van der Waals surface area contributed by atoms with Crippen LogP contribution in [0.25, 0.3) is 0 Å². The van der Waals surface area contributed by atoms with Gasteiger partial charge in [-0.3, -0.25) is 0 Å². The van der Waals surface area contributed by atoms with E-state index in [1.54, 1.807) is 7.11 Å². The second-order valence-corrected chi connectivity index (χ2v) is 6.75. The fourth-order valence-electron chi connectivity index (χ4n) is 2.54. The summed E-state index contributed by atoms with van der Waals surface area (Å²) in [6.07, 6.45) is -0.689. The molecular formula is C20H24O4. The van der Waals surface area contributed by atoms with Gasteiger partial charge in [0.2, 0.25) is 0 Å². The number of benzene rings is 2. The zero-order chi connectivity index (χ0) is 17.7. The number of rotatable bonds is 6. The van der Waals surface area contributed by atoms with Crippen molar-refractivity contribution in [2.24, 2.45) is 0 Å². The summed E-state index contributed by atoms with van der Waals surface area (Å²) in [7, 11) is 1.59. The molecule has 0 amide bonds. The first kappa shape index (κ1) is 17.9. The van der Waals surface area contributed by atoms with E-state index in [4.69, 9.17) is 9.47 Å². The Hall–Kier alpha value is -2.49. The van der Waals surface area contributed by atoms with E-state index < -0.39 is 12.1 Å². The van der Waals surface area contributed by atoms with Gasteiger partial charge in [-0.2, -0.15) is 0 Å². The molecule has 2 aromatic rings. The van der Waals surface area contributed by atoms with Gasteiger partial charge in [0.1, 0.15) is 11.5 Å². The van der Waals surface area contributed by atoms with Gasteiger partial charge < -0.3 is 14.6 Å². The predicted octanol–water partition coefficient (Wildman–Crippen LogP) is 4.07. The van der Waals surface area contributed by atoms with Gasteiger partial charge >= 0.3 is 5.97 Å². The average molecular weight is 328 g/mol. The molecule has 0 spiro atoms. The molecule has 0 heterocycles. The van der Waals surface area contributed by atoms with Crippen molar-refractivity contribution in [3.8, 4) is 11.5 Å². The van der Waals surface area contributed by atoms with Gasteiger partial charge in [0.15, 0.2) is 6.10 Å². The van der Waals surface area contributed by atoms with Gasteiger partial charge in [0.05, 0.1) is 7.11 Å². The second-order valence-electron chi connectivity index (χ2n) is 6.75. The molecule has 4 heteroatoms. The van der Waals surface area contributed by atoms with E-state index in [1.807, 2.05) is 48.5 Å². The fourth-order valence-corrected chi connectivity index (χ4v) is 2.54. The maximum atomic E-state index is 11.7. The molecular weight excluding hydrogens is 304 g/mol. The Morgan fingerprint density at radius 3 is 2.46 bits per heavy atom. The van der Waals surface area contributed by atoms with Crippen LogP contribution in [0.2, 0.25) is 0 Å². The minimum absolute atomic E-state index is 0.129. The predicted molar refractivity (Wildman–Crippen MR) is 93.9 cm³/mol. The van der Waals surface area contributed by atoms with Gasteiger partial charge in [-0.15, -0.1) is 0 Å². The molecule has 0 aliphatic carbocycles. The van der Waals surface area contributed by atoms with Crippen LogP contribution in [0.15, 0.2) is 48.5 Å². The summed E-state index contributed by atoms with van der Waals surface area (Å²) < 4.78 is 11.1. The highest BCUT2D eigenvalue weighted by molar-refractivity contribution is 5.73. The number of hydrogen-bond acceptors (Lipinski definition) is 3. The standard InChI is InChI=1S/C20H24O4/c1-20(2,3)16-10-5-6-11-17(16)24-18(19(21)22)13-14-8-7-9-15(12-14)23-4/h5-12,18H,13H2,1-4H3,(H,21,22)/t18-/m0/s1. The Labute approximate surface area is 143 Å². The van der Waals surface area contributed by atoms with Crippen molar-refractivity contribution in [1.29, 1.82) is 0 Å². The lowest BCUT2D eigenvalue weighted by atomic mass is 9.86. The summed E-state index contributed by atoms with van der Waals surface area (Å²) >= 11 is 0. The highest BCUT2D eigenvalue weighted by Crippen LogP contribution is 2.32. The largest absolute Gasteiger partial charge is 0.497 e. The molecule has 4 nitrogen and oxygen atoms in total. The molecule has 0 aromatic heterocycles. The Kier molecular flexibility index (Phi) is 5.50. The molecule has 0 radical (unpaired) electrons. The minimum atomic E-state index is -0.985. The molecule has 2 rings (SSSR count). The first-order valence-electron chi connectivity index (χ1n) is 7.93. The SMILES string of the molecule is COc1cccc(C[C@H](Oc2ccccc2C(C)(C)C)C(=O)O)c1. The zero-order valence-electron chi connectivity index (χ0n) is 14.6. The van der Waals surface area contributed by atoms with Gasteiger partial charge in [-0.1, -0.05) is 51.1 Å². The van der Waals surface area contributed by atoms with Crippen molar-refractivity contribution in [1.82, 2.24) is 0 Å². The fraction of sp³-hybridized carbons (Fsp3) is 0.350. The number of aliphatic carboxylic acids is 1. The van der Waals surface area contributed by atoms with Crippen LogP contribution < -0.4 is 9.47 Å². The van der Waals surface area contributed by atoms with Crippen LogP contribution in [-0.2, 0) is 16.6 Å². The van der Waals surface area contributed by atoms with Crippen molar-refractivity contribution in [3.05, 3.63) is 59.7 Å². The summed E-state index contributed by atoms with van der Waals surface area (Å²) in [5.74, 6) is 0.327. The van der Waals surface area contributed by atoms with Gasteiger partial charge in [0, 0.05) is 6.42 Å². The Bertz CT molecular complexity index is 701. The highest BCUT2D eigenvalue weighted by atomic mass is 16.5. The Balaban J connectivity index is 2.25. The molecule has 0 aliphatic rings. The van der Waals surface area contributed by atoms with Crippen molar-refractivity contribution < 1.29 is 19.4 Å². The van der Waals surface area contributed by atoms with Crippen LogP contribution >= 0.6 is 0 Å². The van der Waals surface area contributed by atoms with Crippen molar-refractivity contribution in [3.63, 3.8) is 0 Å². The number of ether oxygens (including phenoxy) is 2. The summed E-state index contributed by atoms with van der Waals surface area (Å²) in [6, 6.07) is 15.0. The van der Waals surface area contributed by atoms with E-state index in [1.165, 1.54) is 0 Å². The summed E-state index contributed by atoms with van der Waals surface area (Å²) in [4.78, 5) is 11.7. The third-order valence-electron chi connectivity index (χ3n) is 3.79. The maximum absolute atomic E-state index is 11.7. The topological polar surface area (TPSA) is 55.8 Å². The lowest BCUT2D eigenvalue weighted by Gasteiger charge is -2.25. The van der Waals surface area contributed by atoms with Gasteiger partial charge in [0.25, 0.3) is 0 Å². The van der Waals surface area contributed by atoms with Crippen molar-refractivity contribution in [2.75, 3.05) is 7.11 Å². The molecule has 0 saturated heterocycles. The van der Waals surface area contributed by atoms with E-state index in [0.717, 1.165) is 11.1 Å². The average Bonchev–Trinajstić information content (AvgIpc) is 2.54. The Morgan fingerprint density at radius 2 is 1.83 bits per heavy atom. The lowest BCUT2D eigenvalue weighted by Crippen LogP contribution is -2.30. The van der Waals surface area contributed by atoms with E-state index in [0.29, 0.717) is 11.5 Å². The zero-order valence-corrected chi connectivity index (χ0v) is 14.6.